The molecule has 16 aliphatic rings. The van der Waals surface area contributed by atoms with E-state index in [1.165, 1.54) is 14.3 Å². The summed E-state index contributed by atoms with van der Waals surface area (Å²) in [4.78, 5) is 72.6. The molecule has 26 radical (unpaired) electrons. The average molecular weight is 1830 g/mol. The molecule has 600 valence electrons. The summed E-state index contributed by atoms with van der Waals surface area (Å²) in [6, 6.07) is 42.8. The SMILES string of the molecule is CC(F)(F)C(=O)O.CC(F)(F)C(=O)OC1C2CC3CC1CC(C(=O)OCC(=O)OC14CC5CC(CC(O)(C5)C1)C4)(C3)C2.O=C(COC(=O)C12CC3CC(C1)C(O)C(C3)C2)OC12CC3CC(CC(O)(C3)C1)C2.[B]B([B])B([B])B(B([B])[B])B(B(B([B])[B])B([B])[B])B(B([B])[B])B([B])[B].c1ccc([I-]c2ccccc2)cc1.c1ccc([I-]c2ccccc2)cc1. The zero-order chi connectivity index (χ0) is 88.1. The minimum atomic E-state index is -3.58. The topological polar surface area (TPSA) is 229 Å². The number of aliphatic hydroxyl groups excluding tert-OH is 1. The first-order valence-corrected chi connectivity index (χ1v) is 46.6. The fourth-order valence-electron chi connectivity index (χ4n) is 24.0. The van der Waals surface area contributed by atoms with Gasteiger partial charge in [-0.25, -0.2) is 19.2 Å². The van der Waals surface area contributed by atoms with Crippen LogP contribution in [0.1, 0.15) is 155 Å². The van der Waals surface area contributed by atoms with Crippen molar-refractivity contribution < 1.29 is 133 Å². The van der Waals surface area contributed by atoms with Crippen LogP contribution in [-0.2, 0) is 52.5 Å². The van der Waals surface area contributed by atoms with Gasteiger partial charge in [0.2, 0.25) is 0 Å². The van der Waals surface area contributed by atoms with E-state index in [4.69, 9.17) is 129 Å². The second-order valence-corrected chi connectivity index (χ2v) is 43.6. The third kappa shape index (κ3) is 25.1. The van der Waals surface area contributed by atoms with Crippen molar-refractivity contribution in [3.8, 4) is 0 Å². The number of alkyl halides is 4. The first kappa shape index (κ1) is 97.9. The van der Waals surface area contributed by atoms with Gasteiger partial charge in [-0.2, -0.15) is 17.6 Å². The van der Waals surface area contributed by atoms with Crippen LogP contribution in [-0.4, -0.2) is 287 Å². The Morgan fingerprint density at radius 3 is 0.975 bits per heavy atom. The van der Waals surface area contributed by atoms with E-state index >= 15 is 0 Å². The minimum absolute atomic E-state index is 0.0287. The van der Waals surface area contributed by atoms with Crippen molar-refractivity contribution in [3.63, 3.8) is 0 Å². The summed E-state index contributed by atoms with van der Waals surface area (Å²) in [5.41, 5.74) is -3.91. The van der Waals surface area contributed by atoms with Crippen molar-refractivity contribution in [2.45, 2.75) is 202 Å². The van der Waals surface area contributed by atoms with E-state index in [2.05, 4.69) is 121 Å². The van der Waals surface area contributed by atoms with Crippen LogP contribution in [0.5, 0.6) is 0 Å². The zero-order valence-electron chi connectivity index (χ0n) is 68.8. The molecule has 16 fully saturated rings. The van der Waals surface area contributed by atoms with E-state index in [9.17, 15) is 61.6 Å². The van der Waals surface area contributed by atoms with Gasteiger partial charge in [-0.05, 0) is 188 Å². The van der Waals surface area contributed by atoms with E-state index in [1.54, 1.807) is 0 Å². The second-order valence-electron chi connectivity index (χ2n) is 37.5. The van der Waals surface area contributed by atoms with E-state index < -0.39 is 158 Å². The number of carboxylic acid groups (broad SMARTS) is 1. The maximum atomic E-state index is 13.4. The molecular weight excluding hydrogens is 1740 g/mol. The summed E-state index contributed by atoms with van der Waals surface area (Å²) >= 11 is 0.0574. The molecule has 0 aliphatic heterocycles. The Balaban J connectivity index is 0.000000151. The molecular formula is C76H90B24F4I2O15-2. The summed E-state index contributed by atoms with van der Waals surface area (Å²) in [6.07, 6.45) is 6.37. The van der Waals surface area contributed by atoms with Gasteiger partial charge in [0.25, 0.3) is 0 Å². The average Bonchev–Trinajstić information content (AvgIpc) is 0.747. The molecule has 20 rings (SSSR count). The van der Waals surface area contributed by atoms with Gasteiger partial charge in [0.05, 0.1) is 28.1 Å². The fraction of sp³-hybridized carbons (Fsp3) is 0.605. The standard InChI is InChI=1S/C26H34F2O7.C23H32O6.2C12H10I.C3H4F2O2.B24/c1-23(27,28)21(30)34-20-17-3-14-4-18(20)11-24(5-14,10-17)22(31)33-12-19(29)35-26-8-15-2-16(9-26)7-25(32,6-15)13-26;24-18(29-23-7-14-1-15(8-23)6-22(27,5-14)12-23)11-28-20(26)21-4-13-2-16(9-21)19(25)17(3-13)10-21;2*1-3-7-11(8-4-1)13-12-9-5-2-6-10-12;1-3(4,5)2(6)7;1-14(2)20(13)23(19(11)12)24(21(15(3)4)16(5)6)22(17(7)8)18(9)10/h14-18,20,32H,2-13H2,1H3;13-17,19,25,27H,1-12H2;2*1-10H;1H3,(H,6,7);/q;;2*-1;;. The summed E-state index contributed by atoms with van der Waals surface area (Å²) in [6.45, 7) is 0.0672. The predicted molar refractivity (Wildman–Crippen MR) is 474 cm³/mol. The van der Waals surface area contributed by atoms with Gasteiger partial charge in [-0.15, -0.1) is 0 Å². The summed E-state index contributed by atoms with van der Waals surface area (Å²) in [5, 5.41) is 39.6. The van der Waals surface area contributed by atoms with Gasteiger partial charge >= 0.3 is 226 Å². The molecule has 0 aromatic heterocycles. The van der Waals surface area contributed by atoms with Crippen LogP contribution in [0.2, 0.25) is 0 Å². The van der Waals surface area contributed by atoms with Crippen molar-refractivity contribution in [3.05, 3.63) is 136 Å². The molecule has 8 unspecified atom stereocenters. The van der Waals surface area contributed by atoms with Crippen molar-refractivity contribution in [2.75, 3.05) is 13.2 Å². The number of esters is 5. The first-order chi connectivity index (χ1) is 56.8. The summed E-state index contributed by atoms with van der Waals surface area (Å²) < 4.78 is 83.2. The molecule has 0 amide bonds. The van der Waals surface area contributed by atoms with Gasteiger partial charge in [-0.3, -0.25) is 9.59 Å². The number of hydrogen-bond acceptors (Lipinski definition) is 14. The van der Waals surface area contributed by atoms with Crippen LogP contribution in [0.3, 0.4) is 0 Å². The molecule has 0 heterocycles. The summed E-state index contributed by atoms with van der Waals surface area (Å²) in [5.74, 6) is -10.0. The molecule has 16 saturated carbocycles. The second kappa shape index (κ2) is 41.0. The number of hydrogen-bond donors (Lipinski definition) is 4. The van der Waals surface area contributed by atoms with E-state index in [-0.39, 0.29) is 90.7 Å². The quantitative estimate of drug-likeness (QED) is 0.0172. The zero-order valence-corrected chi connectivity index (χ0v) is 73.2. The molecule has 45 heteroatoms. The predicted octanol–water partition coefficient (Wildman–Crippen LogP) is -2.89. The van der Waals surface area contributed by atoms with Crippen molar-refractivity contribution in [1.29, 1.82) is 0 Å². The third-order valence-corrected chi connectivity index (χ3v) is 32.7. The first-order valence-electron chi connectivity index (χ1n) is 42.2. The Morgan fingerprint density at radius 1 is 0.405 bits per heavy atom. The van der Waals surface area contributed by atoms with Crippen LogP contribution in [0, 0.1) is 84.3 Å². The van der Waals surface area contributed by atoms with Crippen molar-refractivity contribution in [1.82, 2.24) is 0 Å². The molecule has 16 bridgehead atoms. The Labute approximate surface area is 753 Å². The number of carbonyl (C=O) groups excluding carboxylic acids is 5. The molecule has 15 nitrogen and oxygen atoms in total. The van der Waals surface area contributed by atoms with Gasteiger partial charge in [0.15, 0.2) is 13.2 Å². The van der Waals surface area contributed by atoms with Crippen LogP contribution >= 0.6 is 0 Å². The molecule has 121 heavy (non-hydrogen) atoms. The number of ether oxygens (including phenoxy) is 5. The Bertz CT molecular complexity index is 3910. The maximum absolute atomic E-state index is 13.4. The number of halogens is 6. The Kier molecular flexibility index (Phi) is 33.2. The van der Waals surface area contributed by atoms with Crippen LogP contribution in [0.15, 0.2) is 121 Å². The fourth-order valence-corrected chi connectivity index (χ4v) is 28.5. The number of carboxylic acids is 1. The van der Waals surface area contributed by atoms with Crippen molar-refractivity contribution in [2.24, 2.45) is 70.0 Å². The molecule has 8 atom stereocenters. The molecule has 0 spiro atoms. The van der Waals surface area contributed by atoms with Gasteiger partial charge in [0.1, 0.15) is 17.3 Å². The van der Waals surface area contributed by atoms with E-state index in [0.29, 0.717) is 88.4 Å². The number of rotatable bonds is 25. The van der Waals surface area contributed by atoms with Crippen LogP contribution in [0.25, 0.3) is 0 Å². The summed E-state index contributed by atoms with van der Waals surface area (Å²) in [7, 11) is 76.2. The van der Waals surface area contributed by atoms with E-state index in [1.807, 2.05) is 0 Å². The van der Waals surface area contributed by atoms with Gasteiger partial charge < -0.3 is 44.1 Å². The third-order valence-electron chi connectivity index (χ3n) is 27.3. The Morgan fingerprint density at radius 2 is 0.702 bits per heavy atom. The molecule has 4 aromatic carbocycles. The molecule has 0 saturated heterocycles. The molecule has 4 aromatic rings. The number of carbonyl (C=O) groups is 6. The van der Waals surface area contributed by atoms with Crippen molar-refractivity contribution >= 4 is 207 Å². The monoisotopic (exact) mass is 1840 g/mol. The van der Waals surface area contributed by atoms with Gasteiger partial charge in [-0.1, -0.05) is 0 Å². The van der Waals surface area contributed by atoms with E-state index in [0.717, 1.165) is 96.3 Å². The molecule has 4 N–H and O–H groups in total. The number of benzene rings is 4. The number of aliphatic carboxylic acids is 1. The van der Waals surface area contributed by atoms with Crippen LogP contribution < -0.4 is 42.4 Å². The van der Waals surface area contributed by atoms with Gasteiger partial charge in [0, 0.05) is 198 Å². The number of aliphatic hydroxyl groups is 3. The van der Waals surface area contributed by atoms with Crippen LogP contribution in [0.4, 0.5) is 17.6 Å². The molecule has 16 aliphatic carbocycles. The Hall–Kier alpha value is -3.68. The normalized spacial score (nSPS) is 31.2.